The summed E-state index contributed by atoms with van der Waals surface area (Å²) in [5, 5.41) is 10.1. The van der Waals surface area contributed by atoms with Crippen molar-refractivity contribution < 1.29 is 14.7 Å². The summed E-state index contributed by atoms with van der Waals surface area (Å²) in [6, 6.07) is 10.0. The van der Waals surface area contributed by atoms with Crippen molar-refractivity contribution >= 4 is 17.3 Å². The van der Waals surface area contributed by atoms with Gasteiger partial charge in [-0.15, -0.1) is 0 Å². The number of fused-ring (bicyclic) bond motifs is 1. The van der Waals surface area contributed by atoms with E-state index in [4.69, 9.17) is 0 Å². The van der Waals surface area contributed by atoms with Crippen molar-refractivity contribution in [3.63, 3.8) is 0 Å². The van der Waals surface area contributed by atoms with Crippen LogP contribution in [0.3, 0.4) is 0 Å². The molecule has 1 aromatic heterocycles. The number of aliphatic hydroxyl groups is 1. The van der Waals surface area contributed by atoms with E-state index in [1.165, 1.54) is 0 Å². The quantitative estimate of drug-likeness (QED) is 0.660. The molecule has 94 valence electrons. The Kier molecular flexibility index (Phi) is 2.38. The van der Waals surface area contributed by atoms with Crippen LogP contribution in [0.5, 0.6) is 0 Å². The van der Waals surface area contributed by atoms with Crippen LogP contribution in [0.2, 0.25) is 0 Å². The Hall–Kier alpha value is -2.62. The minimum absolute atomic E-state index is 0.150. The zero-order chi connectivity index (χ0) is 13.6. The van der Waals surface area contributed by atoms with Crippen LogP contribution in [0, 0.1) is 0 Å². The number of hydrogen-bond donors (Lipinski definition) is 1. The van der Waals surface area contributed by atoms with Gasteiger partial charge in [0.1, 0.15) is 11.3 Å². The third-order valence-electron chi connectivity index (χ3n) is 3.29. The number of aromatic nitrogens is 1. The third kappa shape index (κ3) is 1.53. The number of Topliss-reactive ketones (excluding diaryl/α,β-unsaturated/α-hetero) is 2. The molecule has 1 aliphatic rings. The molecule has 0 amide bonds. The molecule has 3 rings (SSSR count). The topological polar surface area (TPSA) is 59.3 Å². The Morgan fingerprint density at radius 3 is 2.37 bits per heavy atom. The normalized spacial score (nSPS) is 13.8. The first kappa shape index (κ1) is 11.5. The molecule has 0 aliphatic heterocycles. The van der Waals surface area contributed by atoms with Crippen LogP contribution in [-0.2, 0) is 7.05 Å². The van der Waals surface area contributed by atoms with Gasteiger partial charge < -0.3 is 9.67 Å². The van der Waals surface area contributed by atoms with Gasteiger partial charge in [0.15, 0.2) is 0 Å². The lowest BCUT2D eigenvalue weighted by atomic mass is 10.0. The molecule has 19 heavy (non-hydrogen) atoms. The molecule has 0 bridgehead atoms. The highest BCUT2D eigenvalue weighted by molar-refractivity contribution is 6.37. The van der Waals surface area contributed by atoms with Gasteiger partial charge in [0, 0.05) is 24.4 Å². The molecule has 0 fully saturated rings. The maximum Gasteiger partial charge on any atom is 0.217 e. The summed E-state index contributed by atoms with van der Waals surface area (Å²) in [7, 11) is 1.72. The summed E-state index contributed by atoms with van der Waals surface area (Å²) in [5.41, 5.74) is 1.02. The first-order chi connectivity index (χ1) is 9.11. The highest BCUT2D eigenvalue weighted by Gasteiger charge is 2.34. The average molecular weight is 253 g/mol. The number of hydrogen-bond acceptors (Lipinski definition) is 3. The first-order valence-electron chi connectivity index (χ1n) is 5.84. The Morgan fingerprint density at radius 2 is 1.79 bits per heavy atom. The van der Waals surface area contributed by atoms with Gasteiger partial charge in [-0.05, 0) is 12.1 Å². The molecule has 4 nitrogen and oxygen atoms in total. The lowest BCUT2D eigenvalue weighted by Crippen LogP contribution is -2.14. The highest BCUT2D eigenvalue weighted by Crippen LogP contribution is 2.32. The average Bonchev–Trinajstić information content (AvgIpc) is 2.94. The van der Waals surface area contributed by atoms with Crippen molar-refractivity contribution in [1.29, 1.82) is 0 Å². The van der Waals surface area contributed by atoms with E-state index in [9.17, 15) is 14.7 Å². The zero-order valence-electron chi connectivity index (χ0n) is 10.3. The third-order valence-corrected chi connectivity index (χ3v) is 3.29. The van der Waals surface area contributed by atoms with Crippen LogP contribution in [0.4, 0.5) is 0 Å². The van der Waals surface area contributed by atoms with Crippen molar-refractivity contribution in [2.75, 3.05) is 0 Å². The van der Waals surface area contributed by atoms with E-state index in [1.54, 1.807) is 54.2 Å². The van der Waals surface area contributed by atoms with Crippen molar-refractivity contribution in [3.05, 3.63) is 65.0 Å². The second kappa shape index (κ2) is 3.95. The molecular weight excluding hydrogens is 242 g/mol. The summed E-state index contributed by atoms with van der Waals surface area (Å²) in [6.07, 6.45) is 1.72. The van der Waals surface area contributed by atoms with Gasteiger partial charge in [0.25, 0.3) is 0 Å². The Bertz CT molecular complexity index is 737. The van der Waals surface area contributed by atoms with Crippen LogP contribution in [0.1, 0.15) is 26.4 Å². The largest absolute Gasteiger partial charge is 0.506 e. The molecule has 0 spiro atoms. The minimum atomic E-state index is -0.453. The smallest absolute Gasteiger partial charge is 0.217 e. The lowest BCUT2D eigenvalue weighted by molar-refractivity contribution is 0.0961. The summed E-state index contributed by atoms with van der Waals surface area (Å²) in [6.45, 7) is 0. The number of carbonyl (C=O) groups excluding carboxylic acids is 2. The SMILES string of the molecule is Cn1cccc1C(=O)C1=C(O)c2ccccc2C1=O. The lowest BCUT2D eigenvalue weighted by Gasteiger charge is -2.03. The zero-order valence-corrected chi connectivity index (χ0v) is 10.3. The van der Waals surface area contributed by atoms with Gasteiger partial charge >= 0.3 is 0 Å². The number of aryl methyl sites for hydroxylation is 1. The van der Waals surface area contributed by atoms with Gasteiger partial charge in [-0.2, -0.15) is 0 Å². The molecule has 0 atom stereocenters. The van der Waals surface area contributed by atoms with Gasteiger partial charge in [-0.25, -0.2) is 0 Å². The summed E-state index contributed by atoms with van der Waals surface area (Å²) < 4.78 is 1.62. The van der Waals surface area contributed by atoms with Crippen LogP contribution in [0.25, 0.3) is 5.76 Å². The molecule has 2 aromatic rings. The molecule has 1 heterocycles. The number of benzene rings is 1. The Balaban J connectivity index is 2.14. The monoisotopic (exact) mass is 253 g/mol. The van der Waals surface area contributed by atoms with E-state index in [0.29, 0.717) is 16.8 Å². The van der Waals surface area contributed by atoms with E-state index >= 15 is 0 Å². The molecule has 1 aliphatic carbocycles. The van der Waals surface area contributed by atoms with E-state index in [1.807, 2.05) is 0 Å². The summed E-state index contributed by atoms with van der Waals surface area (Å²) in [5.74, 6) is -1.10. The standard InChI is InChI=1S/C15H11NO3/c1-16-8-4-7-11(16)15(19)12-13(17)9-5-2-3-6-10(9)14(12)18/h2-8,17H,1H3. The number of ketones is 2. The van der Waals surface area contributed by atoms with Crippen molar-refractivity contribution in [3.8, 4) is 0 Å². The fourth-order valence-corrected chi connectivity index (χ4v) is 2.30. The van der Waals surface area contributed by atoms with Gasteiger partial charge in [-0.1, -0.05) is 24.3 Å². The van der Waals surface area contributed by atoms with E-state index in [-0.39, 0.29) is 11.3 Å². The Morgan fingerprint density at radius 1 is 1.11 bits per heavy atom. The minimum Gasteiger partial charge on any atom is -0.506 e. The maximum atomic E-state index is 12.4. The number of nitrogens with zero attached hydrogens (tertiary/aromatic N) is 1. The first-order valence-corrected chi connectivity index (χ1v) is 5.84. The number of aliphatic hydroxyl groups excluding tert-OH is 1. The van der Waals surface area contributed by atoms with Gasteiger partial charge in [0.05, 0.1) is 5.69 Å². The summed E-state index contributed by atoms with van der Waals surface area (Å²) >= 11 is 0. The Labute approximate surface area is 109 Å². The van der Waals surface area contributed by atoms with Crippen LogP contribution in [0.15, 0.2) is 48.2 Å². The molecule has 1 N–H and O–H groups in total. The molecule has 0 saturated carbocycles. The number of allylic oxidation sites excluding steroid dienone is 1. The van der Waals surface area contributed by atoms with Crippen molar-refractivity contribution in [2.24, 2.45) is 7.05 Å². The number of carbonyl (C=O) groups is 2. The number of rotatable bonds is 2. The molecular formula is C15H11NO3. The van der Waals surface area contributed by atoms with Crippen LogP contribution in [-0.4, -0.2) is 21.2 Å². The fourth-order valence-electron chi connectivity index (χ4n) is 2.30. The van der Waals surface area contributed by atoms with Crippen LogP contribution < -0.4 is 0 Å². The predicted molar refractivity (Wildman–Crippen MR) is 70.1 cm³/mol. The van der Waals surface area contributed by atoms with E-state index in [0.717, 1.165) is 0 Å². The fraction of sp³-hybridized carbons (Fsp3) is 0.0667. The second-order valence-corrected chi connectivity index (χ2v) is 4.43. The van der Waals surface area contributed by atoms with E-state index < -0.39 is 11.6 Å². The second-order valence-electron chi connectivity index (χ2n) is 4.43. The predicted octanol–water partition coefficient (Wildman–Crippen LogP) is 2.37. The summed E-state index contributed by atoms with van der Waals surface area (Å²) in [4.78, 5) is 24.6. The van der Waals surface area contributed by atoms with Gasteiger partial charge in [-0.3, -0.25) is 9.59 Å². The maximum absolute atomic E-state index is 12.4. The highest BCUT2D eigenvalue weighted by atomic mass is 16.3. The van der Waals surface area contributed by atoms with E-state index in [2.05, 4.69) is 0 Å². The molecule has 4 heteroatoms. The molecule has 0 radical (unpaired) electrons. The molecule has 0 unspecified atom stereocenters. The van der Waals surface area contributed by atoms with Crippen molar-refractivity contribution in [2.45, 2.75) is 0 Å². The molecule has 0 saturated heterocycles. The molecule has 1 aromatic carbocycles. The van der Waals surface area contributed by atoms with Gasteiger partial charge in [0.2, 0.25) is 11.6 Å². The van der Waals surface area contributed by atoms with Crippen molar-refractivity contribution in [1.82, 2.24) is 4.57 Å². The van der Waals surface area contributed by atoms with Crippen LogP contribution >= 0.6 is 0 Å².